The van der Waals surface area contributed by atoms with Crippen molar-refractivity contribution in [3.63, 3.8) is 0 Å². The first kappa shape index (κ1) is 49.7. The number of phenolic OH excluding ortho intramolecular Hbond substituents is 1. The molecule has 0 atom stereocenters. The number of aryl methyl sites for hydroxylation is 4. The summed E-state index contributed by atoms with van der Waals surface area (Å²) in [6.07, 6.45) is 12.3. The molecule has 19 heteroatoms. The Morgan fingerprint density at radius 1 is 0.839 bits per heavy atom. The zero-order valence-electron chi connectivity index (χ0n) is 32.9. The SMILES string of the molecule is C=CC#N.Cc1cnc(Nc2cnn(C)c2)nc1-c1ccc(O)cc1.Cc1cnc(Nc2cnn(C)c2)nc1-c1ccc(OCCC#N)cc1.O=CO[O-].[H-].[K+].[K+]. The summed E-state index contributed by atoms with van der Waals surface area (Å²) in [6, 6.07) is 18.4. The van der Waals surface area contributed by atoms with Crippen molar-refractivity contribution in [2.75, 3.05) is 17.2 Å². The normalized spacial score (nSPS) is 9.20. The van der Waals surface area contributed by atoms with Crippen LogP contribution in [0.5, 0.6) is 11.5 Å². The van der Waals surface area contributed by atoms with Crippen LogP contribution in [0.2, 0.25) is 0 Å². The molecule has 6 rings (SSSR count). The first-order chi connectivity index (χ1) is 26.1. The summed E-state index contributed by atoms with van der Waals surface area (Å²) in [6.45, 7) is 7.26. The van der Waals surface area contributed by atoms with Crippen LogP contribution in [0.1, 0.15) is 19.0 Å². The van der Waals surface area contributed by atoms with Crippen molar-refractivity contribution >= 4 is 29.7 Å². The van der Waals surface area contributed by atoms with Crippen LogP contribution in [0.4, 0.5) is 23.3 Å². The van der Waals surface area contributed by atoms with Gasteiger partial charge < -0.3 is 32.0 Å². The average Bonchev–Trinajstić information content (AvgIpc) is 3.80. The molecule has 0 aliphatic heterocycles. The fourth-order valence-electron chi connectivity index (χ4n) is 4.36. The third kappa shape index (κ3) is 17.2. The fourth-order valence-corrected chi connectivity index (χ4v) is 4.36. The molecule has 0 fully saturated rings. The Morgan fingerprint density at radius 2 is 1.27 bits per heavy atom. The van der Waals surface area contributed by atoms with Gasteiger partial charge in [-0.1, -0.05) is 6.58 Å². The van der Waals surface area contributed by atoms with Crippen LogP contribution in [-0.2, 0) is 23.8 Å². The first-order valence-corrected chi connectivity index (χ1v) is 15.9. The molecule has 3 N–H and O–H groups in total. The molecule has 6 aromatic rings. The second-order valence-electron chi connectivity index (χ2n) is 10.9. The number of benzene rings is 2. The van der Waals surface area contributed by atoms with E-state index in [4.69, 9.17) is 25.3 Å². The smallest absolute Gasteiger partial charge is 1.00 e. The van der Waals surface area contributed by atoms with Gasteiger partial charge >= 0.3 is 103 Å². The maximum absolute atomic E-state index is 9.37. The number of carbonyl (C=O) groups excluding carboxylic acids is 1. The number of nitrogens with one attached hydrogen (secondary N) is 2. The summed E-state index contributed by atoms with van der Waals surface area (Å²) in [5.74, 6) is 2.00. The number of ether oxygens (including phenoxy) is 1. The fraction of sp³-hybridized carbons (Fsp3) is 0.162. The summed E-state index contributed by atoms with van der Waals surface area (Å²) >= 11 is 0. The molecular weight excluding hydrogens is 771 g/mol. The van der Waals surface area contributed by atoms with E-state index in [1.165, 1.54) is 6.08 Å². The van der Waals surface area contributed by atoms with Gasteiger partial charge in [-0.3, -0.25) is 14.2 Å². The van der Waals surface area contributed by atoms with Crippen LogP contribution in [0, 0.1) is 36.5 Å². The molecule has 0 bridgehead atoms. The van der Waals surface area contributed by atoms with Gasteiger partial charge in [-0.05, 0) is 73.5 Å². The molecule has 4 heterocycles. The summed E-state index contributed by atoms with van der Waals surface area (Å²) in [5, 5.41) is 48.3. The topological polar surface area (TPSA) is 238 Å². The van der Waals surface area contributed by atoms with Crippen molar-refractivity contribution in [1.82, 2.24) is 39.5 Å². The molecule has 0 unspecified atom stereocenters. The van der Waals surface area contributed by atoms with Crippen molar-refractivity contribution in [2.45, 2.75) is 20.3 Å². The molecule has 17 nitrogen and oxygen atoms in total. The van der Waals surface area contributed by atoms with Gasteiger partial charge in [0.15, 0.2) is 0 Å². The predicted molar refractivity (Wildman–Crippen MR) is 199 cm³/mol. The van der Waals surface area contributed by atoms with Crippen molar-refractivity contribution in [3.8, 4) is 46.2 Å². The van der Waals surface area contributed by atoms with Crippen molar-refractivity contribution in [1.29, 1.82) is 10.5 Å². The summed E-state index contributed by atoms with van der Waals surface area (Å²) in [4.78, 5) is 29.0. The Labute approximate surface area is 410 Å². The number of rotatable bonds is 10. The van der Waals surface area contributed by atoms with Crippen molar-refractivity contribution < 1.29 is 129 Å². The largest absolute Gasteiger partial charge is 1.00 e. The number of phenols is 1. The molecule has 4 aromatic heterocycles. The number of anilines is 4. The van der Waals surface area contributed by atoms with Gasteiger partial charge in [-0.15, -0.1) is 0 Å². The van der Waals surface area contributed by atoms with Gasteiger partial charge in [0.2, 0.25) is 11.9 Å². The van der Waals surface area contributed by atoms with Gasteiger partial charge in [-0.2, -0.15) is 20.7 Å². The van der Waals surface area contributed by atoms with E-state index in [1.54, 1.807) is 52.4 Å². The average molecular weight is 809 g/mol. The minimum Gasteiger partial charge on any atom is -1.00 e. The maximum Gasteiger partial charge on any atom is 1.00 e. The molecule has 56 heavy (non-hydrogen) atoms. The second-order valence-corrected chi connectivity index (χ2v) is 10.9. The summed E-state index contributed by atoms with van der Waals surface area (Å²) < 4.78 is 8.91. The number of allylic oxidation sites excluding steroid dienone is 1. The number of nitrogens with zero attached hydrogens (tertiary/aromatic N) is 10. The predicted octanol–water partition coefficient (Wildman–Crippen LogP) is -0.892. The third-order valence-electron chi connectivity index (χ3n) is 6.75. The minimum atomic E-state index is -0.181. The number of hydrogen-bond acceptors (Lipinski definition) is 15. The van der Waals surface area contributed by atoms with Gasteiger partial charge in [0.05, 0.1) is 53.7 Å². The second kappa shape index (κ2) is 27.3. The van der Waals surface area contributed by atoms with E-state index in [2.05, 4.69) is 58.3 Å². The molecule has 0 amide bonds. The van der Waals surface area contributed by atoms with E-state index in [-0.39, 0.29) is 116 Å². The Morgan fingerprint density at radius 3 is 1.62 bits per heavy atom. The van der Waals surface area contributed by atoms with Gasteiger partial charge in [-0.25, -0.2) is 19.9 Å². The molecule has 278 valence electrons. The maximum atomic E-state index is 9.37. The zero-order chi connectivity index (χ0) is 39.3. The van der Waals surface area contributed by atoms with Gasteiger partial charge in [0.1, 0.15) is 18.1 Å². The van der Waals surface area contributed by atoms with E-state index in [1.807, 2.05) is 76.7 Å². The van der Waals surface area contributed by atoms with Crippen LogP contribution in [0.3, 0.4) is 0 Å². The Balaban J connectivity index is 0.000000894. The Kier molecular flexibility index (Phi) is 24.2. The molecule has 0 saturated heterocycles. The number of carbonyl (C=O) groups is 1. The quantitative estimate of drug-likeness (QED) is 0.0380. The van der Waals surface area contributed by atoms with E-state index in [0.717, 1.165) is 50.8 Å². The molecule has 0 aliphatic rings. The third-order valence-corrected chi connectivity index (χ3v) is 6.75. The molecule has 0 radical (unpaired) electrons. The van der Waals surface area contributed by atoms with Crippen LogP contribution < -0.4 is 123 Å². The van der Waals surface area contributed by atoms with E-state index >= 15 is 0 Å². The summed E-state index contributed by atoms with van der Waals surface area (Å²) in [7, 11) is 3.70. The standard InChI is InChI=1S/C18H18N6O.C15H15N5O.C3H3N.CH2O3.2K.H/c1-13-10-20-18(22-15-11-21-24(2)12-15)23-17(13)14-4-6-16(7-5-14)25-9-3-8-19;1-10-7-16-15(18-12-8-17-20(2)9-12)19-14(10)11-3-5-13(21)6-4-11;1-2-3-4;2-1-4-3;;;/h4-7,10-12H,3,9H2,1-2H3,(H,20,22,23);3-9,21H,1-2H3,(H,16,18,19);2H,1H2;1,3H;;;/q;;;;2*+1;-1/p-1. The van der Waals surface area contributed by atoms with Gasteiger partial charge in [0.25, 0.3) is 6.47 Å². The van der Waals surface area contributed by atoms with Crippen LogP contribution in [0.25, 0.3) is 22.5 Å². The molecule has 0 saturated carbocycles. The molecular formula is C37H38K2N12O5. The van der Waals surface area contributed by atoms with E-state index < -0.39 is 0 Å². The van der Waals surface area contributed by atoms with E-state index in [9.17, 15) is 5.11 Å². The van der Waals surface area contributed by atoms with Crippen molar-refractivity contribution in [2.24, 2.45) is 14.1 Å². The molecule has 0 aliphatic carbocycles. The van der Waals surface area contributed by atoms with Crippen LogP contribution in [-0.4, -0.2) is 57.7 Å². The zero-order valence-corrected chi connectivity index (χ0v) is 38.2. The van der Waals surface area contributed by atoms with Gasteiger partial charge in [0, 0.05) is 56.1 Å². The number of nitriles is 2. The first-order valence-electron chi connectivity index (χ1n) is 15.9. The summed E-state index contributed by atoms with van der Waals surface area (Å²) in [5.41, 5.74) is 7.20. The Hall–Kier alpha value is -4.36. The number of aromatic hydroxyl groups is 1. The number of hydrogen-bond donors (Lipinski definition) is 3. The monoisotopic (exact) mass is 808 g/mol. The van der Waals surface area contributed by atoms with Crippen molar-refractivity contribution in [3.05, 3.63) is 109 Å². The minimum absolute atomic E-state index is 0. The number of aromatic nitrogens is 8. The van der Waals surface area contributed by atoms with Crippen LogP contribution in [0.15, 0.2) is 98.4 Å². The Bertz CT molecular complexity index is 2190. The molecule has 2 aromatic carbocycles. The molecule has 0 spiro atoms. The van der Waals surface area contributed by atoms with Crippen LogP contribution >= 0.6 is 0 Å². The van der Waals surface area contributed by atoms with E-state index in [0.29, 0.717) is 24.9 Å².